The molecule has 0 aliphatic rings. The lowest BCUT2D eigenvalue weighted by atomic mass is 10.1. The quantitative estimate of drug-likeness (QED) is 0.645. The van der Waals surface area contributed by atoms with Crippen molar-refractivity contribution in [2.45, 2.75) is 19.8 Å². The molecule has 0 saturated carbocycles. The topological polar surface area (TPSA) is 52.1 Å². The Bertz CT molecular complexity index is 310. The van der Waals surface area contributed by atoms with Gasteiger partial charge >= 0.3 is 5.97 Å². The van der Waals surface area contributed by atoms with Gasteiger partial charge in [-0.2, -0.15) is 0 Å². The minimum Gasteiger partial charge on any atom is -0.464 e. The lowest BCUT2D eigenvalue weighted by molar-refractivity contribution is 0.0591. The fourth-order valence-electron chi connectivity index (χ4n) is 1.03. The highest BCUT2D eigenvalue weighted by Crippen LogP contribution is 2.14. The first-order chi connectivity index (χ1) is 6.16. The van der Waals surface area contributed by atoms with Gasteiger partial charge in [0.1, 0.15) is 0 Å². The average molecular weight is 180 g/mol. The summed E-state index contributed by atoms with van der Waals surface area (Å²) in [6.45, 7) is 3.91. The maximum atomic E-state index is 11.2. The number of carbonyl (C=O) groups excluding carboxylic acids is 1. The molecular weight excluding hydrogens is 168 g/mol. The van der Waals surface area contributed by atoms with Gasteiger partial charge in [0.2, 0.25) is 0 Å². The summed E-state index contributed by atoms with van der Waals surface area (Å²) >= 11 is 0. The number of nitrogens with zero attached hydrogens (tertiary/aromatic N) is 2. The van der Waals surface area contributed by atoms with Crippen LogP contribution in [0.15, 0.2) is 12.4 Å². The summed E-state index contributed by atoms with van der Waals surface area (Å²) in [6.07, 6.45) is 3.06. The third kappa shape index (κ3) is 2.02. The van der Waals surface area contributed by atoms with Crippen molar-refractivity contribution in [2.24, 2.45) is 0 Å². The molecule has 0 saturated heterocycles. The molecule has 0 aromatic carbocycles. The lowest BCUT2D eigenvalue weighted by Gasteiger charge is -2.07. The second kappa shape index (κ2) is 3.98. The molecule has 0 unspecified atom stereocenters. The zero-order valence-electron chi connectivity index (χ0n) is 7.94. The first kappa shape index (κ1) is 9.64. The van der Waals surface area contributed by atoms with E-state index in [0.717, 1.165) is 0 Å². The molecule has 0 aliphatic heterocycles. The van der Waals surface area contributed by atoms with E-state index in [0.29, 0.717) is 11.4 Å². The van der Waals surface area contributed by atoms with E-state index in [9.17, 15) is 4.79 Å². The highest BCUT2D eigenvalue weighted by molar-refractivity contribution is 5.88. The summed E-state index contributed by atoms with van der Waals surface area (Å²) in [5.41, 5.74) is 0.981. The molecule has 70 valence electrons. The predicted molar refractivity (Wildman–Crippen MR) is 47.5 cm³/mol. The van der Waals surface area contributed by atoms with E-state index in [1.165, 1.54) is 13.3 Å². The van der Waals surface area contributed by atoms with E-state index in [1.807, 2.05) is 13.8 Å². The van der Waals surface area contributed by atoms with Crippen LogP contribution in [-0.2, 0) is 4.74 Å². The van der Waals surface area contributed by atoms with Crippen molar-refractivity contribution in [3.05, 3.63) is 23.8 Å². The Morgan fingerprint density at radius 2 is 2.00 bits per heavy atom. The van der Waals surface area contributed by atoms with Crippen molar-refractivity contribution in [1.82, 2.24) is 9.97 Å². The van der Waals surface area contributed by atoms with Crippen LogP contribution in [0.4, 0.5) is 0 Å². The lowest BCUT2D eigenvalue weighted by Crippen LogP contribution is -2.10. The van der Waals surface area contributed by atoms with E-state index in [1.54, 1.807) is 6.20 Å². The van der Waals surface area contributed by atoms with Gasteiger partial charge in [-0.3, -0.25) is 4.98 Å². The molecule has 1 aromatic rings. The molecule has 1 heterocycles. The largest absolute Gasteiger partial charge is 0.464 e. The van der Waals surface area contributed by atoms with Gasteiger partial charge in [-0.15, -0.1) is 0 Å². The second-order valence-electron chi connectivity index (χ2n) is 2.94. The fourth-order valence-corrected chi connectivity index (χ4v) is 1.03. The minimum absolute atomic E-state index is 0.169. The molecule has 4 heteroatoms. The van der Waals surface area contributed by atoms with Crippen molar-refractivity contribution < 1.29 is 9.53 Å². The Labute approximate surface area is 77.0 Å². The Morgan fingerprint density at radius 1 is 1.38 bits per heavy atom. The molecule has 0 radical (unpaired) electrons. The molecule has 0 N–H and O–H groups in total. The van der Waals surface area contributed by atoms with Crippen molar-refractivity contribution in [3.8, 4) is 0 Å². The van der Waals surface area contributed by atoms with Crippen LogP contribution in [0, 0.1) is 0 Å². The van der Waals surface area contributed by atoms with Crippen LogP contribution in [0.5, 0.6) is 0 Å². The van der Waals surface area contributed by atoms with Crippen molar-refractivity contribution in [3.63, 3.8) is 0 Å². The summed E-state index contributed by atoms with van der Waals surface area (Å²) in [5, 5.41) is 0. The number of hydrogen-bond donors (Lipinski definition) is 0. The van der Waals surface area contributed by atoms with E-state index in [-0.39, 0.29) is 5.92 Å². The number of methoxy groups -OCH3 is 1. The Morgan fingerprint density at radius 3 is 2.54 bits per heavy atom. The summed E-state index contributed by atoms with van der Waals surface area (Å²) in [6, 6.07) is 0. The first-order valence-corrected chi connectivity index (χ1v) is 4.06. The van der Waals surface area contributed by atoms with Gasteiger partial charge in [-0.05, 0) is 5.92 Å². The molecule has 0 atom stereocenters. The molecule has 0 amide bonds. The highest BCUT2D eigenvalue weighted by Gasteiger charge is 2.16. The van der Waals surface area contributed by atoms with Gasteiger partial charge < -0.3 is 4.74 Å². The first-order valence-electron chi connectivity index (χ1n) is 4.06. The summed E-state index contributed by atoms with van der Waals surface area (Å²) < 4.78 is 4.59. The number of aromatic nitrogens is 2. The van der Waals surface area contributed by atoms with Gasteiger partial charge in [0.05, 0.1) is 12.8 Å². The van der Waals surface area contributed by atoms with Crippen LogP contribution in [0.3, 0.4) is 0 Å². The van der Waals surface area contributed by atoms with Gasteiger partial charge in [-0.25, -0.2) is 9.78 Å². The van der Waals surface area contributed by atoms with Gasteiger partial charge in [0.15, 0.2) is 5.69 Å². The monoisotopic (exact) mass is 180 g/mol. The van der Waals surface area contributed by atoms with Gasteiger partial charge in [-0.1, -0.05) is 13.8 Å². The summed E-state index contributed by atoms with van der Waals surface area (Å²) in [7, 11) is 1.33. The number of rotatable bonds is 2. The number of esters is 1. The maximum absolute atomic E-state index is 11.2. The van der Waals surface area contributed by atoms with Crippen LogP contribution >= 0.6 is 0 Å². The minimum atomic E-state index is -0.434. The van der Waals surface area contributed by atoms with Gasteiger partial charge in [0, 0.05) is 12.4 Å². The second-order valence-corrected chi connectivity index (χ2v) is 2.94. The number of ether oxygens (including phenoxy) is 1. The van der Waals surface area contributed by atoms with Gasteiger partial charge in [0.25, 0.3) is 0 Å². The Balaban J connectivity index is 3.12. The van der Waals surface area contributed by atoms with Crippen molar-refractivity contribution >= 4 is 5.97 Å². The fraction of sp³-hybridized carbons (Fsp3) is 0.444. The zero-order valence-corrected chi connectivity index (χ0v) is 7.94. The predicted octanol–water partition coefficient (Wildman–Crippen LogP) is 1.39. The Kier molecular flexibility index (Phi) is 2.95. The van der Waals surface area contributed by atoms with E-state index >= 15 is 0 Å². The molecule has 13 heavy (non-hydrogen) atoms. The average Bonchev–Trinajstić information content (AvgIpc) is 2.16. The van der Waals surface area contributed by atoms with Crippen LogP contribution in [0.2, 0.25) is 0 Å². The van der Waals surface area contributed by atoms with E-state index in [2.05, 4.69) is 14.7 Å². The third-order valence-corrected chi connectivity index (χ3v) is 1.65. The summed E-state index contributed by atoms with van der Waals surface area (Å²) in [4.78, 5) is 19.2. The van der Waals surface area contributed by atoms with Crippen molar-refractivity contribution in [2.75, 3.05) is 7.11 Å². The smallest absolute Gasteiger partial charge is 0.358 e. The normalized spacial score (nSPS) is 10.2. The van der Waals surface area contributed by atoms with Crippen LogP contribution in [0.1, 0.15) is 35.9 Å². The number of hydrogen-bond acceptors (Lipinski definition) is 4. The molecule has 0 spiro atoms. The molecule has 0 fully saturated rings. The standard InChI is InChI=1S/C9H12N2O2/c1-6(2)7-8(9(12)13-3)11-5-4-10-7/h4-6H,1-3H3. The van der Waals surface area contributed by atoms with Crippen LogP contribution in [-0.4, -0.2) is 23.0 Å². The van der Waals surface area contributed by atoms with Crippen molar-refractivity contribution in [1.29, 1.82) is 0 Å². The molecular formula is C9H12N2O2. The molecule has 0 aliphatic carbocycles. The Hall–Kier alpha value is -1.45. The van der Waals surface area contributed by atoms with E-state index in [4.69, 9.17) is 0 Å². The number of carbonyl (C=O) groups is 1. The molecule has 1 aromatic heterocycles. The van der Waals surface area contributed by atoms with E-state index < -0.39 is 5.97 Å². The summed E-state index contributed by atoms with van der Waals surface area (Å²) in [5.74, 6) is -0.264. The van der Waals surface area contributed by atoms with Crippen LogP contribution < -0.4 is 0 Å². The molecule has 4 nitrogen and oxygen atoms in total. The highest BCUT2D eigenvalue weighted by atomic mass is 16.5. The maximum Gasteiger partial charge on any atom is 0.358 e. The van der Waals surface area contributed by atoms with Crippen LogP contribution in [0.25, 0.3) is 0 Å². The third-order valence-electron chi connectivity index (χ3n) is 1.65. The molecule has 1 rings (SSSR count). The molecule has 0 bridgehead atoms. The zero-order chi connectivity index (χ0) is 9.84. The SMILES string of the molecule is COC(=O)c1nccnc1C(C)C.